The van der Waals surface area contributed by atoms with Crippen molar-refractivity contribution < 1.29 is 14.3 Å². The molecule has 1 aromatic carbocycles. The van der Waals surface area contributed by atoms with E-state index in [1.165, 1.54) is 31.0 Å². The van der Waals surface area contributed by atoms with E-state index in [2.05, 4.69) is 15.3 Å². The Kier molecular flexibility index (Phi) is 4.34. The number of H-pyrrole nitrogens is 1. The van der Waals surface area contributed by atoms with Gasteiger partial charge >= 0.3 is 5.69 Å². The van der Waals surface area contributed by atoms with Gasteiger partial charge in [-0.05, 0) is 18.9 Å². The molecule has 0 bridgehead atoms. The van der Waals surface area contributed by atoms with E-state index >= 15 is 0 Å². The Hall–Kier alpha value is -3.62. The van der Waals surface area contributed by atoms with E-state index in [4.69, 9.17) is 9.47 Å². The maximum absolute atomic E-state index is 12.7. The van der Waals surface area contributed by atoms with Gasteiger partial charge in [-0.1, -0.05) is 0 Å². The van der Waals surface area contributed by atoms with Crippen LogP contribution in [0.4, 0.5) is 5.69 Å². The number of amides is 1. The van der Waals surface area contributed by atoms with E-state index in [0.29, 0.717) is 17.2 Å². The first-order valence-electron chi connectivity index (χ1n) is 8.69. The lowest BCUT2D eigenvalue weighted by Gasteiger charge is -2.11. The van der Waals surface area contributed by atoms with Gasteiger partial charge in [0.2, 0.25) is 0 Å². The summed E-state index contributed by atoms with van der Waals surface area (Å²) < 4.78 is 11.9. The molecule has 28 heavy (non-hydrogen) atoms. The van der Waals surface area contributed by atoms with E-state index in [1.807, 2.05) is 0 Å². The molecule has 1 fully saturated rings. The summed E-state index contributed by atoms with van der Waals surface area (Å²) >= 11 is 0. The van der Waals surface area contributed by atoms with Crippen molar-refractivity contribution in [1.82, 2.24) is 14.5 Å². The van der Waals surface area contributed by atoms with Crippen LogP contribution < -0.4 is 26.0 Å². The van der Waals surface area contributed by atoms with Crippen LogP contribution in [0.3, 0.4) is 0 Å². The summed E-state index contributed by atoms with van der Waals surface area (Å²) in [5.41, 5.74) is -0.0925. The summed E-state index contributed by atoms with van der Waals surface area (Å²) in [5.74, 6) is 0.598. The van der Waals surface area contributed by atoms with Gasteiger partial charge in [0.05, 0.1) is 25.2 Å². The van der Waals surface area contributed by atoms with Crippen molar-refractivity contribution in [1.29, 1.82) is 0 Å². The fraction of sp³-hybridized carbons (Fsp3) is 0.263. The number of aromatic amines is 1. The number of rotatable bonds is 5. The van der Waals surface area contributed by atoms with Crippen LogP contribution in [0.5, 0.6) is 11.5 Å². The minimum atomic E-state index is -0.568. The largest absolute Gasteiger partial charge is 0.497 e. The highest BCUT2D eigenvalue weighted by atomic mass is 16.5. The average molecular weight is 382 g/mol. The zero-order valence-corrected chi connectivity index (χ0v) is 15.3. The number of methoxy groups -OCH3 is 2. The van der Waals surface area contributed by atoms with Gasteiger partial charge in [-0.15, -0.1) is 0 Å². The van der Waals surface area contributed by atoms with Crippen LogP contribution in [0.25, 0.3) is 11.0 Å². The third-order valence-electron chi connectivity index (χ3n) is 4.56. The molecule has 2 aromatic heterocycles. The van der Waals surface area contributed by atoms with Gasteiger partial charge in [0.25, 0.3) is 11.5 Å². The molecule has 144 valence electrons. The monoisotopic (exact) mass is 382 g/mol. The van der Waals surface area contributed by atoms with Gasteiger partial charge in [0, 0.05) is 36.1 Å². The van der Waals surface area contributed by atoms with Gasteiger partial charge in [0.1, 0.15) is 17.1 Å². The van der Waals surface area contributed by atoms with Crippen LogP contribution in [-0.4, -0.2) is 34.7 Å². The Morgan fingerprint density at radius 1 is 1.14 bits per heavy atom. The molecule has 0 aliphatic heterocycles. The molecule has 1 amide bonds. The third-order valence-corrected chi connectivity index (χ3v) is 4.56. The van der Waals surface area contributed by atoms with Crippen LogP contribution >= 0.6 is 0 Å². The second kappa shape index (κ2) is 6.84. The molecule has 1 saturated carbocycles. The number of ether oxygens (including phenoxy) is 2. The van der Waals surface area contributed by atoms with Crippen molar-refractivity contribution in [3.05, 3.63) is 56.9 Å². The Morgan fingerprint density at radius 3 is 2.43 bits per heavy atom. The van der Waals surface area contributed by atoms with Crippen molar-refractivity contribution in [2.24, 2.45) is 0 Å². The molecule has 1 aliphatic rings. The maximum atomic E-state index is 12.7. The Balaban J connectivity index is 1.71. The van der Waals surface area contributed by atoms with E-state index in [-0.39, 0.29) is 22.6 Å². The number of pyridine rings is 1. The summed E-state index contributed by atoms with van der Waals surface area (Å²) in [7, 11) is 3.03. The highest BCUT2D eigenvalue weighted by Crippen LogP contribution is 2.34. The maximum Gasteiger partial charge on any atom is 0.330 e. The normalized spacial score (nSPS) is 13.4. The fourth-order valence-corrected chi connectivity index (χ4v) is 3.02. The number of fused-ring (bicyclic) bond motifs is 1. The fourth-order valence-electron chi connectivity index (χ4n) is 3.02. The lowest BCUT2D eigenvalue weighted by atomic mass is 10.2. The predicted octanol–water partition coefficient (Wildman–Crippen LogP) is 1.69. The minimum Gasteiger partial charge on any atom is -0.497 e. The number of hydrogen-bond acceptors (Lipinski definition) is 6. The second-order valence-corrected chi connectivity index (χ2v) is 6.51. The predicted molar refractivity (Wildman–Crippen MR) is 102 cm³/mol. The van der Waals surface area contributed by atoms with Crippen LogP contribution in [0.1, 0.15) is 29.2 Å². The smallest absolute Gasteiger partial charge is 0.330 e. The van der Waals surface area contributed by atoms with Crippen molar-refractivity contribution in [2.45, 2.75) is 18.9 Å². The zero-order chi connectivity index (χ0) is 19.8. The number of aromatic nitrogens is 3. The number of nitrogens with one attached hydrogen (secondary N) is 2. The van der Waals surface area contributed by atoms with E-state index in [1.54, 1.807) is 18.2 Å². The van der Waals surface area contributed by atoms with Gasteiger partial charge in [-0.2, -0.15) is 0 Å². The first kappa shape index (κ1) is 17.8. The number of carbonyl (C=O) groups is 1. The van der Waals surface area contributed by atoms with E-state index < -0.39 is 17.2 Å². The first-order valence-corrected chi connectivity index (χ1v) is 8.69. The molecule has 3 aromatic rings. The van der Waals surface area contributed by atoms with Crippen molar-refractivity contribution >= 4 is 22.6 Å². The molecule has 0 atom stereocenters. The molecule has 9 heteroatoms. The summed E-state index contributed by atoms with van der Waals surface area (Å²) in [4.78, 5) is 43.5. The molecule has 2 N–H and O–H groups in total. The summed E-state index contributed by atoms with van der Waals surface area (Å²) in [6.07, 6.45) is 3.08. The van der Waals surface area contributed by atoms with Gasteiger partial charge in [0.15, 0.2) is 0 Å². The molecule has 0 spiro atoms. The van der Waals surface area contributed by atoms with E-state index in [0.717, 1.165) is 12.8 Å². The lowest BCUT2D eigenvalue weighted by molar-refractivity contribution is 0.102. The number of anilines is 1. The molecule has 2 heterocycles. The summed E-state index contributed by atoms with van der Waals surface area (Å²) in [6.45, 7) is 0. The number of nitrogens with zero attached hydrogens (tertiary/aromatic N) is 2. The minimum absolute atomic E-state index is 0.0447. The average Bonchev–Trinajstić information content (AvgIpc) is 3.52. The number of benzene rings is 1. The Morgan fingerprint density at radius 2 is 1.82 bits per heavy atom. The van der Waals surface area contributed by atoms with Crippen LogP contribution in [0, 0.1) is 0 Å². The third kappa shape index (κ3) is 3.22. The standard InChI is InChI=1S/C19H18N4O5/c1-27-13-6-11(7-14(8-13)28-2)21-17(24)10-5-15-16(20-9-10)23(12-3-4-12)19(26)22-18(15)25/h5-9,12H,3-4H2,1-2H3,(H,21,24)(H,22,25,26). The molecule has 0 saturated heterocycles. The molecular formula is C19H18N4O5. The van der Waals surface area contributed by atoms with Gasteiger partial charge in [-0.3, -0.25) is 19.1 Å². The Bertz CT molecular complexity index is 1170. The molecular weight excluding hydrogens is 364 g/mol. The van der Waals surface area contributed by atoms with E-state index in [9.17, 15) is 14.4 Å². The number of carbonyl (C=O) groups excluding carboxylic acids is 1. The first-order chi connectivity index (χ1) is 13.5. The molecule has 1 aliphatic carbocycles. The second-order valence-electron chi connectivity index (χ2n) is 6.51. The highest BCUT2D eigenvalue weighted by Gasteiger charge is 2.27. The molecule has 9 nitrogen and oxygen atoms in total. The SMILES string of the molecule is COc1cc(NC(=O)c2cnc3c(c2)c(=O)[nH]c(=O)n3C2CC2)cc(OC)c1. The van der Waals surface area contributed by atoms with Gasteiger partial charge < -0.3 is 14.8 Å². The quantitative estimate of drug-likeness (QED) is 0.694. The molecule has 4 rings (SSSR count). The summed E-state index contributed by atoms with van der Waals surface area (Å²) in [5, 5.41) is 2.93. The van der Waals surface area contributed by atoms with Crippen molar-refractivity contribution in [2.75, 3.05) is 19.5 Å². The number of hydrogen-bond donors (Lipinski definition) is 2. The topological polar surface area (TPSA) is 115 Å². The van der Waals surface area contributed by atoms with Crippen LogP contribution in [-0.2, 0) is 0 Å². The van der Waals surface area contributed by atoms with Crippen LogP contribution in [0.2, 0.25) is 0 Å². The Labute approximate surface area is 158 Å². The van der Waals surface area contributed by atoms with Crippen molar-refractivity contribution in [3.8, 4) is 11.5 Å². The highest BCUT2D eigenvalue weighted by molar-refractivity contribution is 6.05. The van der Waals surface area contributed by atoms with Crippen LogP contribution in [0.15, 0.2) is 40.1 Å². The zero-order valence-electron chi connectivity index (χ0n) is 15.3. The van der Waals surface area contributed by atoms with Gasteiger partial charge in [-0.25, -0.2) is 9.78 Å². The van der Waals surface area contributed by atoms with Crippen molar-refractivity contribution in [3.63, 3.8) is 0 Å². The lowest BCUT2D eigenvalue weighted by Crippen LogP contribution is -2.30. The summed E-state index contributed by atoms with van der Waals surface area (Å²) in [6, 6.07) is 6.46. The molecule has 0 unspecified atom stereocenters. The molecule has 0 radical (unpaired) electrons.